The van der Waals surface area contributed by atoms with Gasteiger partial charge in [0.1, 0.15) is 0 Å². The third-order valence-corrected chi connectivity index (χ3v) is 4.94. The van der Waals surface area contributed by atoms with Crippen LogP contribution in [-0.2, 0) is 11.2 Å². The Bertz CT molecular complexity index is 860. The maximum atomic E-state index is 12.2. The summed E-state index contributed by atoms with van der Waals surface area (Å²) in [4.78, 5) is 13.3. The van der Waals surface area contributed by atoms with Crippen LogP contribution in [0.15, 0.2) is 95.9 Å². The first-order valence-electron chi connectivity index (χ1n) is 8.61. The molecule has 3 aromatic carbocycles. The molecule has 0 heterocycles. The molecule has 0 spiro atoms. The number of nitrogens with one attached hydrogen (secondary N) is 1. The van der Waals surface area contributed by atoms with Crippen molar-refractivity contribution in [1.82, 2.24) is 0 Å². The number of carbonyl (C=O) groups excluding carboxylic acids is 1. The van der Waals surface area contributed by atoms with Crippen LogP contribution in [0.1, 0.15) is 11.1 Å². The summed E-state index contributed by atoms with van der Waals surface area (Å²) in [5.74, 6) is 0.849. The second-order valence-electron chi connectivity index (χ2n) is 5.81. The van der Waals surface area contributed by atoms with Gasteiger partial charge in [-0.15, -0.1) is 11.8 Å². The second-order valence-corrected chi connectivity index (χ2v) is 6.95. The molecule has 0 bridgehead atoms. The predicted octanol–water partition coefficient (Wildman–Crippen LogP) is 5.67. The number of benzene rings is 3. The van der Waals surface area contributed by atoms with Crippen LogP contribution in [0.2, 0.25) is 0 Å². The van der Waals surface area contributed by atoms with Crippen molar-refractivity contribution >= 4 is 29.4 Å². The minimum absolute atomic E-state index is 0.120. The Hall–Kier alpha value is -2.78. The summed E-state index contributed by atoms with van der Waals surface area (Å²) in [5, 5.41) is 2.98. The van der Waals surface area contributed by atoms with Gasteiger partial charge in [0.2, 0.25) is 5.91 Å². The van der Waals surface area contributed by atoms with E-state index in [1.54, 1.807) is 17.8 Å². The lowest BCUT2D eigenvalue weighted by Crippen LogP contribution is -2.08. The van der Waals surface area contributed by atoms with E-state index in [1.807, 2.05) is 66.7 Å². The van der Waals surface area contributed by atoms with Crippen LogP contribution in [0.5, 0.6) is 0 Å². The van der Waals surface area contributed by atoms with Gasteiger partial charge >= 0.3 is 0 Å². The molecular formula is C23H21NOS. The molecule has 0 fully saturated rings. The highest BCUT2D eigenvalue weighted by Gasteiger charge is 2.05. The summed E-state index contributed by atoms with van der Waals surface area (Å²) in [6, 6.07) is 28.2. The minimum atomic E-state index is -0.120. The Morgan fingerprint density at radius 1 is 0.846 bits per heavy atom. The fraction of sp³-hybridized carbons (Fsp3) is 0.0870. The molecular weight excluding hydrogens is 338 g/mol. The van der Waals surface area contributed by atoms with Crippen LogP contribution in [0.4, 0.5) is 5.69 Å². The molecule has 0 unspecified atom stereocenters. The van der Waals surface area contributed by atoms with Gasteiger partial charge < -0.3 is 5.32 Å². The molecule has 0 atom stereocenters. The van der Waals surface area contributed by atoms with Crippen molar-refractivity contribution in [2.75, 3.05) is 11.1 Å². The summed E-state index contributed by atoms with van der Waals surface area (Å²) in [7, 11) is 0. The highest BCUT2D eigenvalue weighted by molar-refractivity contribution is 7.99. The van der Waals surface area contributed by atoms with Crippen molar-refractivity contribution in [3.05, 3.63) is 102 Å². The topological polar surface area (TPSA) is 29.1 Å². The zero-order valence-electron chi connectivity index (χ0n) is 14.5. The molecule has 2 nitrogen and oxygen atoms in total. The highest BCUT2D eigenvalue weighted by Crippen LogP contribution is 2.27. The van der Waals surface area contributed by atoms with E-state index >= 15 is 0 Å². The average molecular weight is 359 g/mol. The number of hydrogen-bond donors (Lipinski definition) is 1. The van der Waals surface area contributed by atoms with Crippen LogP contribution in [0.25, 0.3) is 6.08 Å². The smallest absolute Gasteiger partial charge is 0.248 e. The lowest BCUT2D eigenvalue weighted by Gasteiger charge is -2.09. The fourth-order valence-electron chi connectivity index (χ4n) is 2.53. The van der Waals surface area contributed by atoms with Gasteiger partial charge in [0.25, 0.3) is 0 Å². The Morgan fingerprint density at radius 2 is 1.50 bits per heavy atom. The third-order valence-electron chi connectivity index (χ3n) is 3.86. The van der Waals surface area contributed by atoms with Gasteiger partial charge in [-0.1, -0.05) is 72.8 Å². The predicted molar refractivity (Wildman–Crippen MR) is 111 cm³/mol. The molecule has 3 rings (SSSR count). The van der Waals surface area contributed by atoms with E-state index in [2.05, 4.69) is 29.6 Å². The van der Waals surface area contributed by atoms with E-state index < -0.39 is 0 Å². The minimum Gasteiger partial charge on any atom is -0.321 e. The first-order chi connectivity index (χ1) is 12.8. The fourth-order valence-corrected chi connectivity index (χ4v) is 3.54. The summed E-state index contributed by atoms with van der Waals surface area (Å²) in [6.45, 7) is 0. The first-order valence-corrected chi connectivity index (χ1v) is 9.60. The molecule has 26 heavy (non-hydrogen) atoms. The SMILES string of the molecule is O=C(/C=C/c1ccccc1)Nc1ccccc1SCCc1ccccc1. The summed E-state index contributed by atoms with van der Waals surface area (Å²) in [5.41, 5.74) is 3.19. The number of carbonyl (C=O) groups is 1. The van der Waals surface area contributed by atoms with E-state index in [0.29, 0.717) is 0 Å². The van der Waals surface area contributed by atoms with E-state index in [-0.39, 0.29) is 5.91 Å². The lowest BCUT2D eigenvalue weighted by atomic mass is 10.2. The van der Waals surface area contributed by atoms with E-state index in [1.165, 1.54) is 5.56 Å². The number of hydrogen-bond acceptors (Lipinski definition) is 2. The van der Waals surface area contributed by atoms with Crippen LogP contribution in [0.3, 0.4) is 0 Å². The Kier molecular flexibility index (Phi) is 6.68. The number of para-hydroxylation sites is 1. The van der Waals surface area contributed by atoms with Crippen LogP contribution in [-0.4, -0.2) is 11.7 Å². The van der Waals surface area contributed by atoms with Crippen LogP contribution >= 0.6 is 11.8 Å². The summed E-state index contributed by atoms with van der Waals surface area (Å²) in [6.07, 6.45) is 4.39. The second kappa shape index (κ2) is 9.64. The van der Waals surface area contributed by atoms with Crippen molar-refractivity contribution < 1.29 is 4.79 Å². The third kappa shape index (κ3) is 5.64. The molecule has 0 saturated heterocycles. The van der Waals surface area contributed by atoms with Crippen molar-refractivity contribution in [1.29, 1.82) is 0 Å². The molecule has 1 N–H and O–H groups in total. The largest absolute Gasteiger partial charge is 0.321 e. The summed E-state index contributed by atoms with van der Waals surface area (Å²) >= 11 is 1.76. The average Bonchev–Trinajstić information content (AvgIpc) is 2.69. The van der Waals surface area contributed by atoms with Crippen molar-refractivity contribution in [3.8, 4) is 0 Å². The Labute approximate surface area is 159 Å². The number of amides is 1. The maximum Gasteiger partial charge on any atom is 0.248 e. The van der Waals surface area contributed by atoms with Gasteiger partial charge in [-0.3, -0.25) is 4.79 Å². The van der Waals surface area contributed by atoms with Crippen molar-refractivity contribution in [2.24, 2.45) is 0 Å². The zero-order chi connectivity index (χ0) is 18.0. The van der Waals surface area contributed by atoms with Crippen molar-refractivity contribution in [3.63, 3.8) is 0 Å². The van der Waals surface area contributed by atoms with E-state index in [9.17, 15) is 4.79 Å². The number of thioether (sulfide) groups is 1. The summed E-state index contributed by atoms with van der Waals surface area (Å²) < 4.78 is 0. The van der Waals surface area contributed by atoms with Gasteiger partial charge in [-0.05, 0) is 35.8 Å². The van der Waals surface area contributed by atoms with Gasteiger partial charge in [-0.25, -0.2) is 0 Å². The molecule has 130 valence electrons. The maximum absolute atomic E-state index is 12.2. The standard InChI is InChI=1S/C23H21NOS/c25-23(16-15-19-9-3-1-4-10-19)24-21-13-7-8-14-22(21)26-18-17-20-11-5-2-6-12-20/h1-16H,17-18H2,(H,24,25)/b16-15+. The van der Waals surface area contributed by atoms with Gasteiger partial charge in [0, 0.05) is 16.7 Å². The molecule has 3 aromatic rings. The number of rotatable bonds is 7. The number of anilines is 1. The highest BCUT2D eigenvalue weighted by atomic mass is 32.2. The van der Waals surface area contributed by atoms with Crippen molar-refractivity contribution in [2.45, 2.75) is 11.3 Å². The molecule has 0 aliphatic carbocycles. The molecule has 1 amide bonds. The molecule has 0 saturated carbocycles. The van der Waals surface area contributed by atoms with Gasteiger partial charge in [0.05, 0.1) is 5.69 Å². The van der Waals surface area contributed by atoms with Gasteiger partial charge in [-0.2, -0.15) is 0 Å². The molecule has 3 heteroatoms. The lowest BCUT2D eigenvalue weighted by molar-refractivity contribution is -0.111. The first kappa shape index (κ1) is 18.0. The quantitative estimate of drug-likeness (QED) is 0.435. The van der Waals surface area contributed by atoms with E-state index in [0.717, 1.165) is 28.3 Å². The Morgan fingerprint density at radius 3 is 2.27 bits per heavy atom. The van der Waals surface area contributed by atoms with E-state index in [4.69, 9.17) is 0 Å². The molecule has 0 aromatic heterocycles. The zero-order valence-corrected chi connectivity index (χ0v) is 15.3. The normalized spacial score (nSPS) is 10.8. The number of aryl methyl sites for hydroxylation is 1. The Balaban J connectivity index is 1.58. The monoisotopic (exact) mass is 359 g/mol. The van der Waals surface area contributed by atoms with Crippen LogP contribution in [0, 0.1) is 0 Å². The molecule has 0 aliphatic rings. The molecule has 0 radical (unpaired) electrons. The molecule has 0 aliphatic heterocycles. The van der Waals surface area contributed by atoms with Crippen LogP contribution < -0.4 is 5.32 Å². The van der Waals surface area contributed by atoms with Gasteiger partial charge in [0.15, 0.2) is 0 Å².